The summed E-state index contributed by atoms with van der Waals surface area (Å²) in [6.45, 7) is 5.92. The molecule has 0 spiro atoms. The second-order valence-electron chi connectivity index (χ2n) is 3.44. The van der Waals surface area contributed by atoms with E-state index in [-0.39, 0.29) is 12.2 Å². The van der Waals surface area contributed by atoms with Crippen molar-refractivity contribution < 1.29 is 9.47 Å². The molecule has 0 saturated carbocycles. The van der Waals surface area contributed by atoms with E-state index in [1.807, 2.05) is 18.7 Å². The number of hydrogen-bond acceptors (Lipinski definition) is 4. The Balaban J connectivity index is 3.95. The van der Waals surface area contributed by atoms with Gasteiger partial charge >= 0.3 is 0 Å². The molecule has 0 aliphatic carbocycles. The summed E-state index contributed by atoms with van der Waals surface area (Å²) in [5.74, 6) is 0. The van der Waals surface area contributed by atoms with Crippen LogP contribution in [0, 0.1) is 11.3 Å². The maximum Gasteiger partial charge on any atom is 0.0867 e. The zero-order valence-corrected chi connectivity index (χ0v) is 9.49. The number of rotatable bonds is 7. The van der Waals surface area contributed by atoms with Crippen molar-refractivity contribution in [1.29, 1.82) is 5.26 Å². The average molecular weight is 200 g/mol. The number of methoxy groups -OCH3 is 2. The van der Waals surface area contributed by atoms with Gasteiger partial charge in [-0.05, 0) is 13.8 Å². The van der Waals surface area contributed by atoms with Crippen molar-refractivity contribution in [3.63, 3.8) is 0 Å². The van der Waals surface area contributed by atoms with Crippen molar-refractivity contribution in [3.8, 4) is 6.07 Å². The molecule has 0 aliphatic heterocycles. The van der Waals surface area contributed by atoms with Crippen LogP contribution in [0.5, 0.6) is 0 Å². The molecule has 4 heteroatoms. The smallest absolute Gasteiger partial charge is 0.0867 e. The molecule has 0 bridgehead atoms. The molecule has 0 N–H and O–H groups in total. The van der Waals surface area contributed by atoms with Crippen LogP contribution in [0.2, 0.25) is 0 Å². The second kappa shape index (κ2) is 7.74. The Morgan fingerprint density at radius 2 is 1.57 bits per heavy atom. The molecule has 0 fully saturated rings. The summed E-state index contributed by atoms with van der Waals surface area (Å²) in [6.07, 6.45) is 0.291. The van der Waals surface area contributed by atoms with Crippen LogP contribution in [-0.2, 0) is 9.47 Å². The highest BCUT2D eigenvalue weighted by atomic mass is 16.5. The lowest BCUT2D eigenvalue weighted by molar-refractivity contribution is 0.0453. The molecule has 0 saturated heterocycles. The number of nitriles is 1. The van der Waals surface area contributed by atoms with E-state index in [2.05, 4.69) is 6.07 Å². The monoisotopic (exact) mass is 200 g/mol. The van der Waals surface area contributed by atoms with E-state index >= 15 is 0 Å². The van der Waals surface area contributed by atoms with Crippen LogP contribution >= 0.6 is 0 Å². The lowest BCUT2D eigenvalue weighted by atomic mass is 10.3. The van der Waals surface area contributed by atoms with E-state index in [4.69, 9.17) is 14.7 Å². The van der Waals surface area contributed by atoms with Gasteiger partial charge in [-0.25, -0.2) is 0 Å². The van der Waals surface area contributed by atoms with Crippen LogP contribution in [0.1, 0.15) is 13.8 Å². The summed E-state index contributed by atoms with van der Waals surface area (Å²) in [7, 11) is 3.35. The Morgan fingerprint density at radius 3 is 1.86 bits per heavy atom. The lowest BCUT2D eigenvalue weighted by Gasteiger charge is -2.24. The third-order valence-electron chi connectivity index (χ3n) is 2.13. The molecular weight excluding hydrogens is 180 g/mol. The molecule has 2 atom stereocenters. The molecule has 0 amide bonds. The van der Waals surface area contributed by atoms with E-state index in [0.717, 1.165) is 13.1 Å². The van der Waals surface area contributed by atoms with Gasteiger partial charge in [0, 0.05) is 27.3 Å². The molecular formula is C10H20N2O2. The largest absolute Gasteiger partial charge is 0.380 e. The maximum absolute atomic E-state index is 8.63. The van der Waals surface area contributed by atoms with E-state index in [9.17, 15) is 0 Å². The Bertz CT molecular complexity index is 167. The van der Waals surface area contributed by atoms with Gasteiger partial charge in [0.2, 0.25) is 0 Å². The third kappa shape index (κ3) is 5.92. The fourth-order valence-corrected chi connectivity index (χ4v) is 1.18. The minimum Gasteiger partial charge on any atom is -0.380 e. The Morgan fingerprint density at radius 1 is 1.14 bits per heavy atom. The first-order valence-electron chi connectivity index (χ1n) is 4.78. The summed E-state index contributed by atoms with van der Waals surface area (Å²) in [6, 6.07) is 2.14. The van der Waals surface area contributed by atoms with E-state index in [1.54, 1.807) is 14.2 Å². The molecule has 82 valence electrons. The van der Waals surface area contributed by atoms with Crippen molar-refractivity contribution >= 4 is 0 Å². The first-order valence-corrected chi connectivity index (χ1v) is 4.78. The summed E-state index contributed by atoms with van der Waals surface area (Å²) in [4.78, 5) is 2.03. The molecule has 0 aromatic carbocycles. The highest BCUT2D eigenvalue weighted by molar-refractivity contribution is 4.78. The molecule has 0 aromatic heterocycles. The van der Waals surface area contributed by atoms with Gasteiger partial charge in [-0.1, -0.05) is 0 Å². The van der Waals surface area contributed by atoms with Gasteiger partial charge in [-0.15, -0.1) is 0 Å². The second-order valence-corrected chi connectivity index (χ2v) is 3.44. The first-order chi connectivity index (χ1) is 6.63. The van der Waals surface area contributed by atoms with Gasteiger partial charge in [0.05, 0.1) is 24.8 Å². The predicted octanol–water partition coefficient (Wildman–Crippen LogP) is 0.882. The van der Waals surface area contributed by atoms with Crippen LogP contribution in [0.15, 0.2) is 0 Å². The van der Waals surface area contributed by atoms with Crippen molar-refractivity contribution in [1.82, 2.24) is 4.90 Å². The minimum atomic E-state index is 0.146. The summed E-state index contributed by atoms with van der Waals surface area (Å²) in [5, 5.41) is 8.63. The zero-order chi connectivity index (χ0) is 11.0. The van der Waals surface area contributed by atoms with E-state index < -0.39 is 0 Å². The molecule has 14 heavy (non-hydrogen) atoms. The Hall–Kier alpha value is -0.630. The zero-order valence-electron chi connectivity index (χ0n) is 9.49. The third-order valence-corrected chi connectivity index (χ3v) is 2.13. The van der Waals surface area contributed by atoms with Gasteiger partial charge in [0.25, 0.3) is 0 Å². The van der Waals surface area contributed by atoms with E-state index in [1.165, 1.54) is 0 Å². The van der Waals surface area contributed by atoms with Gasteiger partial charge in [0.15, 0.2) is 0 Å². The summed E-state index contributed by atoms with van der Waals surface area (Å²) in [5.41, 5.74) is 0. The fraction of sp³-hybridized carbons (Fsp3) is 0.900. The summed E-state index contributed by atoms with van der Waals surface area (Å²) >= 11 is 0. The molecule has 0 radical (unpaired) electrons. The van der Waals surface area contributed by atoms with Crippen molar-refractivity contribution in [2.45, 2.75) is 26.1 Å². The minimum absolute atomic E-state index is 0.146. The molecule has 2 unspecified atom stereocenters. The van der Waals surface area contributed by atoms with Crippen LogP contribution in [0.3, 0.4) is 0 Å². The number of nitrogens with zero attached hydrogens (tertiary/aromatic N) is 2. The highest BCUT2D eigenvalue weighted by Crippen LogP contribution is 1.99. The van der Waals surface area contributed by atoms with E-state index in [0.29, 0.717) is 6.54 Å². The van der Waals surface area contributed by atoms with Gasteiger partial charge in [-0.3, -0.25) is 4.90 Å². The van der Waals surface area contributed by atoms with Gasteiger partial charge in [0.1, 0.15) is 0 Å². The lowest BCUT2D eigenvalue weighted by Crippen LogP contribution is -2.37. The number of hydrogen-bond donors (Lipinski definition) is 0. The van der Waals surface area contributed by atoms with Crippen molar-refractivity contribution in [3.05, 3.63) is 0 Å². The average Bonchev–Trinajstić information content (AvgIpc) is 2.17. The molecule has 0 aliphatic rings. The van der Waals surface area contributed by atoms with Crippen LogP contribution < -0.4 is 0 Å². The van der Waals surface area contributed by atoms with Crippen LogP contribution in [-0.4, -0.2) is 51.0 Å². The summed E-state index contributed by atoms with van der Waals surface area (Å²) < 4.78 is 10.3. The first kappa shape index (κ1) is 13.4. The van der Waals surface area contributed by atoms with Gasteiger partial charge < -0.3 is 9.47 Å². The van der Waals surface area contributed by atoms with Crippen LogP contribution in [0.4, 0.5) is 0 Å². The molecule has 0 rings (SSSR count). The molecule has 0 aromatic rings. The standard InChI is InChI=1S/C10H20N2O2/c1-9(13-3)7-12(6-5-11)8-10(2)14-4/h9-10H,6-8H2,1-4H3. The SMILES string of the molecule is COC(C)CN(CC#N)CC(C)OC. The normalized spacial score (nSPS) is 15.1. The molecule has 0 heterocycles. The predicted molar refractivity (Wildman–Crippen MR) is 55.0 cm³/mol. The quantitative estimate of drug-likeness (QED) is 0.572. The number of ether oxygens (including phenoxy) is 2. The van der Waals surface area contributed by atoms with Crippen molar-refractivity contribution in [2.75, 3.05) is 33.9 Å². The maximum atomic E-state index is 8.63. The van der Waals surface area contributed by atoms with Crippen molar-refractivity contribution in [2.24, 2.45) is 0 Å². The highest BCUT2D eigenvalue weighted by Gasteiger charge is 2.12. The Labute approximate surface area is 86.4 Å². The fourth-order valence-electron chi connectivity index (χ4n) is 1.18. The van der Waals surface area contributed by atoms with Gasteiger partial charge in [-0.2, -0.15) is 5.26 Å². The van der Waals surface area contributed by atoms with Crippen LogP contribution in [0.25, 0.3) is 0 Å². The Kier molecular flexibility index (Phi) is 7.40. The topological polar surface area (TPSA) is 45.5 Å². The molecule has 4 nitrogen and oxygen atoms in total.